The van der Waals surface area contributed by atoms with Gasteiger partial charge in [0.1, 0.15) is 5.75 Å². The normalized spacial score (nSPS) is 11.2. The molecule has 0 fully saturated rings. The van der Waals surface area contributed by atoms with E-state index in [2.05, 4.69) is 31.1 Å². The lowest BCUT2D eigenvalue weighted by molar-refractivity contribution is -0.115. The van der Waals surface area contributed by atoms with Gasteiger partial charge in [-0.3, -0.25) is 9.78 Å². The number of carbonyl (C=O) groups excluding carboxylic acids is 1. The molecular formula is C17H20N2O2. The fourth-order valence-electron chi connectivity index (χ4n) is 1.98. The average molecular weight is 284 g/mol. The van der Waals surface area contributed by atoms with Gasteiger partial charge in [0.25, 0.3) is 0 Å². The van der Waals surface area contributed by atoms with E-state index < -0.39 is 0 Å². The second-order valence-corrected chi connectivity index (χ2v) is 6.06. The van der Waals surface area contributed by atoms with Crippen LogP contribution in [0.4, 0.5) is 5.69 Å². The Hall–Kier alpha value is -2.36. The topological polar surface area (TPSA) is 62.2 Å². The van der Waals surface area contributed by atoms with Crippen molar-refractivity contribution in [2.24, 2.45) is 0 Å². The molecule has 0 bridgehead atoms. The van der Waals surface area contributed by atoms with Crippen molar-refractivity contribution in [3.05, 3.63) is 53.9 Å². The second kappa shape index (κ2) is 5.95. The summed E-state index contributed by atoms with van der Waals surface area (Å²) in [5.41, 5.74) is 2.34. The first-order valence-electron chi connectivity index (χ1n) is 6.88. The number of nitrogens with one attached hydrogen (secondary N) is 1. The van der Waals surface area contributed by atoms with Gasteiger partial charge in [0, 0.05) is 12.4 Å². The number of phenols is 1. The molecule has 4 heteroatoms. The number of benzene rings is 1. The maximum absolute atomic E-state index is 12.1. The van der Waals surface area contributed by atoms with Gasteiger partial charge in [0.05, 0.1) is 12.1 Å². The molecule has 2 rings (SSSR count). The van der Waals surface area contributed by atoms with Crippen LogP contribution in [-0.4, -0.2) is 16.0 Å². The van der Waals surface area contributed by atoms with Gasteiger partial charge < -0.3 is 10.4 Å². The lowest BCUT2D eigenvalue weighted by Crippen LogP contribution is -2.16. The molecule has 1 heterocycles. The quantitative estimate of drug-likeness (QED) is 0.850. The first-order chi connectivity index (χ1) is 9.86. The van der Waals surface area contributed by atoms with E-state index in [9.17, 15) is 9.90 Å². The zero-order valence-electron chi connectivity index (χ0n) is 12.6. The van der Waals surface area contributed by atoms with Crippen LogP contribution in [0.25, 0.3) is 0 Å². The van der Waals surface area contributed by atoms with Crippen molar-refractivity contribution in [2.45, 2.75) is 32.6 Å². The molecule has 0 aliphatic carbocycles. The molecular weight excluding hydrogens is 264 g/mol. The highest BCUT2D eigenvalue weighted by molar-refractivity contribution is 5.93. The Morgan fingerprint density at radius 3 is 2.48 bits per heavy atom. The van der Waals surface area contributed by atoms with Crippen LogP contribution in [0, 0.1) is 0 Å². The molecule has 0 unspecified atom stereocenters. The van der Waals surface area contributed by atoms with Crippen LogP contribution in [-0.2, 0) is 16.6 Å². The van der Waals surface area contributed by atoms with Crippen molar-refractivity contribution < 1.29 is 9.90 Å². The zero-order valence-corrected chi connectivity index (χ0v) is 12.6. The van der Waals surface area contributed by atoms with E-state index in [1.165, 1.54) is 0 Å². The van der Waals surface area contributed by atoms with Gasteiger partial charge >= 0.3 is 0 Å². The van der Waals surface area contributed by atoms with Gasteiger partial charge in [-0.2, -0.15) is 0 Å². The molecule has 2 aromatic rings. The highest BCUT2D eigenvalue weighted by Gasteiger charge is 2.16. The van der Waals surface area contributed by atoms with E-state index in [1.54, 1.807) is 30.6 Å². The van der Waals surface area contributed by atoms with Crippen LogP contribution in [0.3, 0.4) is 0 Å². The Labute approximate surface area is 124 Å². The maximum Gasteiger partial charge on any atom is 0.228 e. The predicted octanol–water partition coefficient (Wildman–Crippen LogP) is 3.27. The molecule has 0 radical (unpaired) electrons. The van der Waals surface area contributed by atoms with E-state index in [0.717, 1.165) is 11.1 Å². The molecule has 21 heavy (non-hydrogen) atoms. The number of carbonyl (C=O) groups is 1. The van der Waals surface area contributed by atoms with Crippen molar-refractivity contribution in [3.63, 3.8) is 0 Å². The molecule has 0 spiro atoms. The van der Waals surface area contributed by atoms with Crippen molar-refractivity contribution in [3.8, 4) is 5.75 Å². The van der Waals surface area contributed by atoms with Crippen LogP contribution in [0.15, 0.2) is 42.7 Å². The summed E-state index contributed by atoms with van der Waals surface area (Å²) in [4.78, 5) is 16.0. The van der Waals surface area contributed by atoms with E-state index >= 15 is 0 Å². The summed E-state index contributed by atoms with van der Waals surface area (Å²) in [5, 5.41) is 12.7. The fraction of sp³-hybridized carbons (Fsp3) is 0.294. The number of aromatic nitrogens is 1. The fourth-order valence-corrected chi connectivity index (χ4v) is 1.98. The van der Waals surface area contributed by atoms with Gasteiger partial charge in [-0.25, -0.2) is 0 Å². The summed E-state index contributed by atoms with van der Waals surface area (Å²) in [6.07, 6.45) is 3.56. The number of amides is 1. The highest BCUT2D eigenvalue weighted by Crippen LogP contribution is 2.30. The summed E-state index contributed by atoms with van der Waals surface area (Å²) in [6, 6.07) is 8.90. The average Bonchev–Trinajstić information content (AvgIpc) is 2.41. The molecule has 0 aliphatic rings. The molecule has 0 atom stereocenters. The van der Waals surface area contributed by atoms with Crippen LogP contribution in [0.2, 0.25) is 0 Å². The SMILES string of the molecule is CC(C)(C)c1ccc(O)c(NC(=O)Cc2ccncc2)c1. The van der Waals surface area contributed by atoms with Gasteiger partial charge in [-0.15, -0.1) is 0 Å². The lowest BCUT2D eigenvalue weighted by Gasteiger charge is -2.20. The Balaban J connectivity index is 2.14. The number of rotatable bonds is 3. The minimum absolute atomic E-state index is 0.0434. The number of anilines is 1. The van der Waals surface area contributed by atoms with E-state index in [0.29, 0.717) is 5.69 Å². The lowest BCUT2D eigenvalue weighted by atomic mass is 9.87. The van der Waals surface area contributed by atoms with Gasteiger partial charge in [-0.05, 0) is 40.8 Å². The number of pyridine rings is 1. The summed E-state index contributed by atoms with van der Waals surface area (Å²) in [6.45, 7) is 6.26. The van der Waals surface area contributed by atoms with Gasteiger partial charge in [0.15, 0.2) is 0 Å². The summed E-state index contributed by atoms with van der Waals surface area (Å²) in [7, 11) is 0. The smallest absolute Gasteiger partial charge is 0.228 e. The summed E-state index contributed by atoms with van der Waals surface area (Å²) >= 11 is 0. The van der Waals surface area contributed by atoms with E-state index in [-0.39, 0.29) is 23.5 Å². The van der Waals surface area contributed by atoms with Crippen LogP contribution >= 0.6 is 0 Å². The Bertz CT molecular complexity index is 631. The van der Waals surface area contributed by atoms with Crippen LogP contribution < -0.4 is 5.32 Å². The molecule has 1 amide bonds. The third-order valence-electron chi connectivity index (χ3n) is 3.25. The van der Waals surface area contributed by atoms with Crippen molar-refractivity contribution in [1.29, 1.82) is 0 Å². The highest BCUT2D eigenvalue weighted by atomic mass is 16.3. The molecule has 1 aromatic carbocycles. The first-order valence-corrected chi connectivity index (χ1v) is 6.88. The van der Waals surface area contributed by atoms with E-state index in [4.69, 9.17) is 0 Å². The van der Waals surface area contributed by atoms with Crippen LogP contribution in [0.1, 0.15) is 31.9 Å². The molecule has 0 aliphatic heterocycles. The summed E-state index contributed by atoms with van der Waals surface area (Å²) in [5.74, 6) is -0.0892. The molecule has 4 nitrogen and oxygen atoms in total. The van der Waals surface area contributed by atoms with Crippen molar-refractivity contribution in [1.82, 2.24) is 4.98 Å². The van der Waals surface area contributed by atoms with E-state index in [1.807, 2.05) is 12.1 Å². The molecule has 2 N–H and O–H groups in total. The summed E-state index contributed by atoms with van der Waals surface area (Å²) < 4.78 is 0. The predicted molar refractivity (Wildman–Crippen MR) is 83.4 cm³/mol. The number of phenolic OH excluding ortho intramolecular Hbond substituents is 1. The third kappa shape index (κ3) is 4.05. The Morgan fingerprint density at radius 1 is 1.19 bits per heavy atom. The number of hydrogen-bond acceptors (Lipinski definition) is 3. The van der Waals surface area contributed by atoms with Crippen molar-refractivity contribution in [2.75, 3.05) is 5.32 Å². The Morgan fingerprint density at radius 2 is 1.86 bits per heavy atom. The van der Waals surface area contributed by atoms with Gasteiger partial charge in [0.2, 0.25) is 5.91 Å². The second-order valence-electron chi connectivity index (χ2n) is 6.06. The van der Waals surface area contributed by atoms with Crippen molar-refractivity contribution >= 4 is 11.6 Å². The standard InChI is InChI=1S/C17H20N2O2/c1-17(2,3)13-4-5-15(20)14(11-13)19-16(21)10-12-6-8-18-9-7-12/h4-9,11,20H,10H2,1-3H3,(H,19,21). The number of aromatic hydroxyl groups is 1. The molecule has 110 valence electrons. The van der Waals surface area contributed by atoms with Gasteiger partial charge in [-0.1, -0.05) is 26.8 Å². The minimum Gasteiger partial charge on any atom is -0.506 e. The zero-order chi connectivity index (χ0) is 15.5. The van der Waals surface area contributed by atoms with Crippen LogP contribution in [0.5, 0.6) is 5.75 Å². The number of hydrogen-bond donors (Lipinski definition) is 2. The molecule has 1 aromatic heterocycles. The molecule has 0 saturated heterocycles. The monoisotopic (exact) mass is 284 g/mol. The maximum atomic E-state index is 12.1. The Kier molecular flexibility index (Phi) is 4.26. The largest absolute Gasteiger partial charge is 0.506 e. The minimum atomic E-state index is -0.164. The molecule has 0 saturated carbocycles. The number of nitrogens with zero attached hydrogens (tertiary/aromatic N) is 1. The first kappa shape index (κ1) is 15.0. The third-order valence-corrected chi connectivity index (χ3v) is 3.25.